The van der Waals surface area contributed by atoms with Gasteiger partial charge in [-0.15, -0.1) is 0 Å². The van der Waals surface area contributed by atoms with Gasteiger partial charge in [-0.25, -0.2) is 4.98 Å². The van der Waals surface area contributed by atoms with Crippen LogP contribution in [0.15, 0.2) is 36.5 Å². The second kappa shape index (κ2) is 11.8. The zero-order valence-corrected chi connectivity index (χ0v) is 22.0. The van der Waals surface area contributed by atoms with Crippen molar-refractivity contribution in [2.24, 2.45) is 23.7 Å². The maximum absolute atomic E-state index is 13.3. The summed E-state index contributed by atoms with van der Waals surface area (Å²) in [5.74, 6) is 0.505. The number of anilines is 1. The van der Waals surface area contributed by atoms with Gasteiger partial charge in [-0.05, 0) is 36.8 Å². The fraction of sp³-hybridized carbons (Fsp3) is 0.655. The molecule has 2 bridgehead atoms. The normalized spacial score (nSPS) is 27.7. The predicted octanol–water partition coefficient (Wildman–Crippen LogP) is 3.28. The smallest absolute Gasteiger partial charge is 0.306 e. The highest BCUT2D eigenvalue weighted by molar-refractivity contribution is 6.06. The molecule has 2 aliphatic carbocycles. The quantitative estimate of drug-likeness (QED) is 0.185. The maximum Gasteiger partial charge on any atom is 0.306 e. The topological polar surface area (TPSA) is 83.1 Å². The number of nitrogens with zero attached hydrogens (tertiary/aromatic N) is 4. The Morgan fingerprint density at radius 1 is 0.973 bits per heavy atom. The van der Waals surface area contributed by atoms with E-state index in [0.717, 1.165) is 64.1 Å². The molecule has 0 radical (unpaired) electrons. The van der Waals surface area contributed by atoms with Crippen LogP contribution < -0.4 is 4.90 Å². The maximum atomic E-state index is 13.3. The molecule has 0 N–H and O–H groups in total. The Morgan fingerprint density at radius 2 is 1.68 bits per heavy atom. The number of carbonyl (C=O) groups excluding carboxylic acids is 3. The number of fused-ring (bicyclic) bond motifs is 5. The van der Waals surface area contributed by atoms with E-state index in [1.165, 1.54) is 11.3 Å². The molecule has 0 spiro atoms. The van der Waals surface area contributed by atoms with Crippen LogP contribution >= 0.6 is 0 Å². The number of likely N-dealkylation sites (tertiary alicyclic amines) is 1. The van der Waals surface area contributed by atoms with Crippen molar-refractivity contribution in [3.8, 4) is 0 Å². The minimum Gasteiger partial charge on any atom is -0.459 e. The Morgan fingerprint density at radius 3 is 2.32 bits per heavy atom. The lowest BCUT2D eigenvalue weighted by Crippen LogP contribution is -2.51. The molecular formula is C29H40N4O4. The van der Waals surface area contributed by atoms with Crippen molar-refractivity contribution in [3.63, 3.8) is 0 Å². The molecule has 1 aromatic rings. The van der Waals surface area contributed by atoms with Crippen LogP contribution in [-0.2, 0) is 19.1 Å². The summed E-state index contributed by atoms with van der Waals surface area (Å²) in [7, 11) is 0. The standard InChI is InChI=1S/C29H40N4O4/c1-2-3-4-5-6-10-25(34)37-23(19-31-14-16-32(17-15-31)24-9-7-8-13-30-24)20-33-28(35)26-21-11-12-22(18-21)27(26)29(33)36/h7-9,11-13,21-23,26-27H,2-6,10,14-20H2,1H3/t21-,22?,23?,26-,27?/m0/s1. The van der Waals surface area contributed by atoms with Gasteiger partial charge in [-0.2, -0.15) is 0 Å². The van der Waals surface area contributed by atoms with Gasteiger partial charge < -0.3 is 9.64 Å². The van der Waals surface area contributed by atoms with E-state index in [0.29, 0.717) is 13.0 Å². The summed E-state index contributed by atoms with van der Waals surface area (Å²) < 4.78 is 5.95. The number of esters is 1. The number of hydrogen-bond donors (Lipinski definition) is 0. The number of pyridine rings is 1. The molecule has 5 atom stereocenters. The fourth-order valence-corrected chi connectivity index (χ4v) is 6.59. The minimum atomic E-state index is -0.512. The highest BCUT2D eigenvalue weighted by atomic mass is 16.5. The molecular weight excluding hydrogens is 468 g/mol. The first kappa shape index (κ1) is 25.9. The third-order valence-electron chi connectivity index (χ3n) is 8.54. The average Bonchev–Trinajstić information content (AvgIpc) is 3.60. The van der Waals surface area contributed by atoms with Crippen LogP contribution in [0.1, 0.15) is 51.9 Å². The molecule has 1 saturated carbocycles. The number of allylic oxidation sites excluding steroid dienone is 2. The van der Waals surface area contributed by atoms with Gasteiger partial charge in [0.2, 0.25) is 11.8 Å². The van der Waals surface area contributed by atoms with E-state index in [4.69, 9.17) is 4.74 Å². The van der Waals surface area contributed by atoms with E-state index >= 15 is 0 Å². The Bertz CT molecular complexity index is 961. The van der Waals surface area contributed by atoms with E-state index in [1.807, 2.05) is 18.2 Å². The molecule has 8 heteroatoms. The van der Waals surface area contributed by atoms with Crippen LogP contribution in [0.5, 0.6) is 0 Å². The average molecular weight is 509 g/mol. The van der Waals surface area contributed by atoms with Crippen LogP contribution in [0.3, 0.4) is 0 Å². The summed E-state index contributed by atoms with van der Waals surface area (Å²) in [4.78, 5) is 49.7. The van der Waals surface area contributed by atoms with Crippen LogP contribution in [0, 0.1) is 23.7 Å². The molecule has 8 nitrogen and oxygen atoms in total. The van der Waals surface area contributed by atoms with Crippen LogP contribution in [0.25, 0.3) is 0 Å². The number of ether oxygens (including phenoxy) is 1. The summed E-state index contributed by atoms with van der Waals surface area (Å²) in [6.45, 7) is 6.13. The van der Waals surface area contributed by atoms with Crippen LogP contribution in [0.4, 0.5) is 5.82 Å². The van der Waals surface area contributed by atoms with Gasteiger partial charge in [0.15, 0.2) is 0 Å². The SMILES string of the molecule is CCCCCCCC(=O)OC(CN1CCN(c2ccccn2)CC1)CN1C(=O)C2C3C=C[C@@H](C3)[C@@H]2C1=O. The first-order valence-electron chi connectivity index (χ1n) is 14.2. The number of piperazine rings is 1. The van der Waals surface area contributed by atoms with Gasteiger partial charge in [-0.3, -0.25) is 24.2 Å². The van der Waals surface area contributed by atoms with Gasteiger partial charge in [0.1, 0.15) is 11.9 Å². The zero-order valence-electron chi connectivity index (χ0n) is 22.0. The summed E-state index contributed by atoms with van der Waals surface area (Å²) in [5, 5.41) is 0. The Balaban J connectivity index is 1.19. The molecule has 2 saturated heterocycles. The van der Waals surface area contributed by atoms with Crippen molar-refractivity contribution in [1.82, 2.24) is 14.8 Å². The molecule has 2 amide bonds. The Labute approximate surface area is 220 Å². The number of imide groups is 1. The lowest BCUT2D eigenvalue weighted by Gasteiger charge is -2.37. The zero-order chi connectivity index (χ0) is 25.8. The van der Waals surface area contributed by atoms with E-state index < -0.39 is 6.10 Å². The minimum absolute atomic E-state index is 0.0764. The largest absolute Gasteiger partial charge is 0.459 e. The molecule has 37 heavy (non-hydrogen) atoms. The second-order valence-electron chi connectivity index (χ2n) is 11.0. The van der Waals surface area contributed by atoms with Crippen molar-refractivity contribution in [2.75, 3.05) is 44.2 Å². The monoisotopic (exact) mass is 508 g/mol. The highest BCUT2D eigenvalue weighted by Gasteiger charge is 2.59. The van der Waals surface area contributed by atoms with Gasteiger partial charge in [0, 0.05) is 45.3 Å². The van der Waals surface area contributed by atoms with Crippen molar-refractivity contribution in [2.45, 2.75) is 58.0 Å². The lowest BCUT2D eigenvalue weighted by molar-refractivity contribution is -0.155. The Kier molecular flexibility index (Phi) is 8.23. The summed E-state index contributed by atoms with van der Waals surface area (Å²) >= 11 is 0. The molecule has 4 aliphatic rings. The highest BCUT2D eigenvalue weighted by Crippen LogP contribution is 2.52. The molecule has 5 rings (SSSR count). The van der Waals surface area contributed by atoms with Gasteiger partial charge in [-0.1, -0.05) is 50.8 Å². The van der Waals surface area contributed by atoms with E-state index in [2.05, 4.69) is 33.9 Å². The number of aromatic nitrogens is 1. The van der Waals surface area contributed by atoms with E-state index in [-0.39, 0.29) is 48.0 Å². The molecule has 0 aromatic carbocycles. The summed E-state index contributed by atoms with van der Waals surface area (Å²) in [5.41, 5.74) is 0. The van der Waals surface area contributed by atoms with Gasteiger partial charge in [0.25, 0.3) is 0 Å². The molecule has 3 heterocycles. The Hall–Kier alpha value is -2.74. The van der Waals surface area contributed by atoms with Crippen molar-refractivity contribution in [3.05, 3.63) is 36.5 Å². The molecule has 3 unspecified atom stereocenters. The number of amides is 2. The number of carbonyl (C=O) groups is 3. The molecule has 1 aromatic heterocycles. The fourth-order valence-electron chi connectivity index (χ4n) is 6.59. The molecule has 2 aliphatic heterocycles. The summed E-state index contributed by atoms with van der Waals surface area (Å²) in [6, 6.07) is 5.93. The summed E-state index contributed by atoms with van der Waals surface area (Å²) in [6.07, 6.45) is 12.1. The van der Waals surface area contributed by atoms with E-state index in [9.17, 15) is 14.4 Å². The van der Waals surface area contributed by atoms with Crippen LogP contribution in [-0.4, -0.2) is 77.9 Å². The molecule has 3 fully saturated rings. The first-order chi connectivity index (χ1) is 18.0. The van der Waals surface area contributed by atoms with Crippen molar-refractivity contribution in [1.29, 1.82) is 0 Å². The predicted molar refractivity (Wildman–Crippen MR) is 141 cm³/mol. The lowest BCUT2D eigenvalue weighted by atomic mass is 9.85. The number of hydrogen-bond acceptors (Lipinski definition) is 7. The van der Waals surface area contributed by atoms with Crippen molar-refractivity contribution < 1.29 is 19.1 Å². The third-order valence-corrected chi connectivity index (χ3v) is 8.54. The third kappa shape index (κ3) is 5.74. The first-order valence-corrected chi connectivity index (χ1v) is 14.2. The number of rotatable bonds is 12. The van der Waals surface area contributed by atoms with Gasteiger partial charge in [0.05, 0.1) is 18.4 Å². The number of unbranched alkanes of at least 4 members (excludes halogenated alkanes) is 4. The van der Waals surface area contributed by atoms with Gasteiger partial charge >= 0.3 is 5.97 Å². The second-order valence-corrected chi connectivity index (χ2v) is 11.0. The van der Waals surface area contributed by atoms with Crippen LogP contribution in [0.2, 0.25) is 0 Å². The van der Waals surface area contributed by atoms with Crippen molar-refractivity contribution >= 4 is 23.6 Å². The molecule has 200 valence electrons. The van der Waals surface area contributed by atoms with E-state index in [1.54, 1.807) is 6.20 Å².